The fraction of sp³-hybridized carbons (Fsp3) is 0.520. The summed E-state index contributed by atoms with van der Waals surface area (Å²) in [5.41, 5.74) is -1.88. The van der Waals surface area contributed by atoms with Crippen molar-refractivity contribution in [3.05, 3.63) is 46.9 Å². The summed E-state index contributed by atoms with van der Waals surface area (Å²) >= 11 is 5.23. The lowest BCUT2D eigenvalue weighted by atomic mass is 9.51. The number of piperidine rings is 1. The van der Waals surface area contributed by atoms with Gasteiger partial charge in [0, 0.05) is 23.0 Å². The van der Waals surface area contributed by atoms with Crippen molar-refractivity contribution in [1.82, 2.24) is 5.32 Å². The molecule has 2 saturated heterocycles. The van der Waals surface area contributed by atoms with Gasteiger partial charge in [0.15, 0.2) is 11.2 Å². The molecule has 4 rings (SSSR count). The van der Waals surface area contributed by atoms with Crippen LogP contribution in [0.3, 0.4) is 0 Å². The minimum atomic E-state index is -1.62. The normalized spacial score (nSPS) is 24.7. The number of thiocarbonyl (C=S) groups is 1. The molecule has 3 fully saturated rings. The Kier molecular flexibility index (Phi) is 8.28. The van der Waals surface area contributed by atoms with Gasteiger partial charge < -0.3 is 20.4 Å². The highest BCUT2D eigenvalue weighted by Crippen LogP contribution is 2.58. The molecule has 1 saturated carbocycles. The number of carbonyl (C=O) groups is 2. The van der Waals surface area contributed by atoms with Crippen molar-refractivity contribution >= 4 is 34.8 Å². The molecule has 0 aromatic heterocycles. The van der Waals surface area contributed by atoms with Gasteiger partial charge in [-0.15, -0.1) is 0 Å². The van der Waals surface area contributed by atoms with Gasteiger partial charge in [0.2, 0.25) is 5.91 Å². The summed E-state index contributed by atoms with van der Waals surface area (Å²) in [6.07, 6.45) is 3.34. The third-order valence-corrected chi connectivity index (χ3v) is 7.32. The second-order valence-corrected chi connectivity index (χ2v) is 9.37. The van der Waals surface area contributed by atoms with E-state index in [2.05, 4.69) is 24.3 Å². The third kappa shape index (κ3) is 4.97. The molecule has 33 heavy (non-hydrogen) atoms. The zero-order chi connectivity index (χ0) is 23.9. The number of hydrogen-bond acceptors (Lipinski definition) is 5. The average molecular weight is 467 g/mol. The van der Waals surface area contributed by atoms with Gasteiger partial charge in [0.05, 0.1) is 26.3 Å². The van der Waals surface area contributed by atoms with Crippen LogP contribution in [0.4, 0.5) is 0 Å². The molecule has 2 aliphatic heterocycles. The van der Waals surface area contributed by atoms with E-state index < -0.39 is 16.7 Å². The fourth-order valence-electron chi connectivity index (χ4n) is 5.04. The summed E-state index contributed by atoms with van der Waals surface area (Å²) in [7, 11) is 2.20. The number of quaternary nitrogens is 1. The van der Waals surface area contributed by atoms with Crippen LogP contribution in [-0.4, -0.2) is 55.9 Å². The third-order valence-electron chi connectivity index (χ3n) is 7.01. The molecule has 1 aromatic rings. The largest absolute Gasteiger partial charge is 0.763 e. The fourth-order valence-corrected chi connectivity index (χ4v) is 5.38. The lowest BCUT2D eigenvalue weighted by Crippen LogP contribution is -3.11. The molecular formula is C25H30N4O3S. The van der Waals surface area contributed by atoms with Crippen LogP contribution in [0.15, 0.2) is 35.9 Å². The first-order valence-corrected chi connectivity index (χ1v) is 11.8. The van der Waals surface area contributed by atoms with Gasteiger partial charge in [0.1, 0.15) is 18.1 Å². The highest BCUT2D eigenvalue weighted by Gasteiger charge is 2.63. The topological polar surface area (TPSA) is 106 Å². The van der Waals surface area contributed by atoms with Crippen molar-refractivity contribution in [1.29, 1.82) is 5.26 Å². The van der Waals surface area contributed by atoms with Crippen molar-refractivity contribution in [2.24, 2.45) is 10.8 Å². The van der Waals surface area contributed by atoms with Crippen molar-refractivity contribution in [2.45, 2.75) is 38.5 Å². The number of likely N-dealkylation sites (N-methyl/N-ethyl adjacent to an activating group) is 1. The van der Waals surface area contributed by atoms with Crippen LogP contribution in [0.2, 0.25) is 0 Å². The minimum absolute atomic E-state index is 0.0948. The van der Waals surface area contributed by atoms with Crippen molar-refractivity contribution in [3.63, 3.8) is 0 Å². The lowest BCUT2D eigenvalue weighted by molar-refractivity contribution is -0.888. The number of carbonyl (C=O) groups excluding carboxylic acids is 2. The van der Waals surface area contributed by atoms with Crippen molar-refractivity contribution in [3.8, 4) is 6.07 Å². The van der Waals surface area contributed by atoms with E-state index in [-0.39, 0.29) is 22.8 Å². The molecule has 0 radical (unpaired) electrons. The molecule has 7 nitrogen and oxygen atoms in total. The van der Waals surface area contributed by atoms with E-state index in [0.717, 1.165) is 32.5 Å². The Bertz CT molecular complexity index is 985. The zero-order valence-corrected chi connectivity index (χ0v) is 19.8. The SMILES string of the molecule is C[NH+]1CCOCC1.N#CC1(CC(=O)c2ccccc2)C(=O)NC(=S)C(=C=[N-])C12CCCCC2. The van der Waals surface area contributed by atoms with Crippen LogP contribution in [-0.2, 0) is 9.53 Å². The van der Waals surface area contributed by atoms with Gasteiger partial charge >= 0.3 is 0 Å². The Balaban J connectivity index is 0.000000374. The Morgan fingerprint density at radius 2 is 1.85 bits per heavy atom. The first-order chi connectivity index (χ1) is 15.9. The van der Waals surface area contributed by atoms with Crippen LogP contribution in [0.1, 0.15) is 48.9 Å². The molecule has 1 unspecified atom stereocenters. The molecule has 2 heterocycles. The second-order valence-electron chi connectivity index (χ2n) is 8.97. The first kappa shape index (κ1) is 24.9. The summed E-state index contributed by atoms with van der Waals surface area (Å²) in [5, 5.41) is 22.3. The van der Waals surface area contributed by atoms with Gasteiger partial charge in [-0.25, -0.2) is 0 Å². The summed E-state index contributed by atoms with van der Waals surface area (Å²) < 4.78 is 5.12. The molecule has 174 valence electrons. The van der Waals surface area contributed by atoms with Crippen molar-refractivity contribution in [2.75, 3.05) is 33.4 Å². The van der Waals surface area contributed by atoms with Gasteiger partial charge in [-0.05, 0) is 12.8 Å². The maximum absolute atomic E-state index is 13.0. The summed E-state index contributed by atoms with van der Waals surface area (Å²) in [6, 6.07) is 10.8. The van der Waals surface area contributed by atoms with Crippen LogP contribution < -0.4 is 10.2 Å². The summed E-state index contributed by atoms with van der Waals surface area (Å²) in [4.78, 5) is 27.5. The summed E-state index contributed by atoms with van der Waals surface area (Å²) in [5.74, 6) is 1.29. The number of amides is 1. The predicted octanol–water partition coefficient (Wildman–Crippen LogP) is 1.87. The molecule has 1 aliphatic carbocycles. The molecule has 8 heteroatoms. The van der Waals surface area contributed by atoms with Gasteiger partial charge in [-0.1, -0.05) is 61.8 Å². The molecule has 1 aromatic carbocycles. The van der Waals surface area contributed by atoms with Crippen LogP contribution in [0.25, 0.3) is 5.41 Å². The van der Waals surface area contributed by atoms with Gasteiger partial charge in [-0.3, -0.25) is 15.5 Å². The molecule has 0 bridgehead atoms. The van der Waals surface area contributed by atoms with E-state index in [1.165, 1.54) is 13.1 Å². The van der Waals surface area contributed by atoms with Crippen LogP contribution in [0, 0.1) is 22.2 Å². The number of Topliss-reactive ketones (excluding diaryl/α,β-unsaturated/α-hetero) is 1. The van der Waals surface area contributed by atoms with Gasteiger partial charge in [0.25, 0.3) is 0 Å². The standard InChI is InChI=1S/C20H18N3O2S.C5H11NO/c21-12-15-17(26)23-18(25)20(13-22,19(15)9-5-2-6-10-19)11-16(24)14-7-3-1-4-8-14;1-6-2-4-7-5-3-6/h1,3-4,7-8H,2,5-6,9-11H2,(H,23,25,26);2-5H2,1H3/q-1;/p+1. The Labute approximate surface area is 200 Å². The average Bonchev–Trinajstić information content (AvgIpc) is 2.84. The lowest BCUT2D eigenvalue weighted by Gasteiger charge is -2.51. The number of rotatable bonds is 3. The predicted molar refractivity (Wildman–Crippen MR) is 129 cm³/mol. The molecule has 1 spiro atoms. The van der Waals surface area contributed by atoms with E-state index in [9.17, 15) is 20.3 Å². The number of nitriles is 1. The second kappa shape index (κ2) is 11.0. The molecule has 2 N–H and O–H groups in total. The number of nitrogens with zero attached hydrogens (tertiary/aromatic N) is 2. The number of ketones is 1. The van der Waals surface area contributed by atoms with Gasteiger partial charge in [-0.2, -0.15) is 5.26 Å². The Morgan fingerprint density at radius 3 is 2.36 bits per heavy atom. The maximum Gasteiger partial charge on any atom is 0.246 e. The minimum Gasteiger partial charge on any atom is -0.763 e. The molecule has 1 atom stereocenters. The molecule has 3 aliphatic rings. The maximum atomic E-state index is 13.0. The molecular weight excluding hydrogens is 436 g/mol. The quantitative estimate of drug-likeness (QED) is 0.306. The number of hydrogen-bond donors (Lipinski definition) is 2. The first-order valence-electron chi connectivity index (χ1n) is 11.4. The number of nitrogens with one attached hydrogen (secondary N) is 2. The van der Waals surface area contributed by atoms with E-state index in [1.54, 1.807) is 35.2 Å². The van der Waals surface area contributed by atoms with E-state index in [4.69, 9.17) is 17.0 Å². The Morgan fingerprint density at radius 1 is 1.21 bits per heavy atom. The smallest absolute Gasteiger partial charge is 0.246 e. The van der Waals surface area contributed by atoms with E-state index >= 15 is 0 Å². The Hall–Kier alpha value is -2.69. The van der Waals surface area contributed by atoms with E-state index in [1.807, 2.05) is 0 Å². The highest BCUT2D eigenvalue weighted by molar-refractivity contribution is 7.80. The van der Waals surface area contributed by atoms with Crippen LogP contribution >= 0.6 is 12.2 Å². The monoisotopic (exact) mass is 466 g/mol. The van der Waals surface area contributed by atoms with Crippen molar-refractivity contribution < 1.29 is 19.2 Å². The number of ether oxygens (including phenoxy) is 1. The van der Waals surface area contributed by atoms with E-state index in [0.29, 0.717) is 18.4 Å². The number of morpholine rings is 1. The number of benzene rings is 1. The highest BCUT2D eigenvalue weighted by atomic mass is 32.1. The zero-order valence-electron chi connectivity index (χ0n) is 19.0. The molecule has 1 amide bonds. The van der Waals surface area contributed by atoms with Crippen LogP contribution in [0.5, 0.6) is 0 Å². The summed E-state index contributed by atoms with van der Waals surface area (Å²) in [6.45, 7) is 4.26.